The highest BCUT2D eigenvalue weighted by atomic mass is 79.9. The molecule has 1 aliphatic heterocycles. The van der Waals surface area contributed by atoms with Crippen LogP contribution in [-0.2, 0) is 4.74 Å². The first-order valence-corrected chi connectivity index (χ1v) is 8.13. The zero-order valence-electron chi connectivity index (χ0n) is 13.3. The van der Waals surface area contributed by atoms with Crippen LogP contribution in [0.5, 0.6) is 0 Å². The summed E-state index contributed by atoms with van der Waals surface area (Å²) in [6.07, 6.45) is 0.360. The Bertz CT molecular complexity index is 615. The van der Waals surface area contributed by atoms with Crippen LogP contribution in [0.2, 0.25) is 0 Å². The van der Waals surface area contributed by atoms with E-state index in [1.165, 1.54) is 6.07 Å². The summed E-state index contributed by atoms with van der Waals surface area (Å²) in [5.41, 5.74) is -0.0723. The first kappa shape index (κ1) is 17.5. The molecule has 1 atom stereocenters. The minimum absolute atomic E-state index is 0.00935. The van der Waals surface area contributed by atoms with Crippen LogP contribution in [-0.4, -0.2) is 40.6 Å². The Morgan fingerprint density at radius 1 is 1.48 bits per heavy atom. The largest absolute Gasteiger partial charge is 0.444 e. The zero-order chi connectivity index (χ0) is 17.2. The van der Waals surface area contributed by atoms with Crippen molar-refractivity contribution in [3.8, 4) is 0 Å². The fraction of sp³-hybridized carbons (Fsp3) is 0.533. The van der Waals surface area contributed by atoms with Gasteiger partial charge in [-0.05, 0) is 39.3 Å². The number of halogens is 1. The molecule has 23 heavy (non-hydrogen) atoms. The van der Waals surface area contributed by atoms with Gasteiger partial charge < -0.3 is 15.0 Å². The van der Waals surface area contributed by atoms with E-state index in [2.05, 4.69) is 21.2 Å². The van der Waals surface area contributed by atoms with Crippen molar-refractivity contribution in [3.63, 3.8) is 0 Å². The molecule has 0 bridgehead atoms. The van der Waals surface area contributed by atoms with Crippen LogP contribution in [0.25, 0.3) is 0 Å². The van der Waals surface area contributed by atoms with Crippen molar-refractivity contribution in [2.24, 2.45) is 0 Å². The van der Waals surface area contributed by atoms with Crippen molar-refractivity contribution >= 4 is 33.4 Å². The normalized spacial score (nSPS) is 17.9. The Hall–Kier alpha value is -1.83. The van der Waals surface area contributed by atoms with E-state index in [1.807, 2.05) is 20.8 Å². The summed E-state index contributed by atoms with van der Waals surface area (Å²) in [5, 5.41) is 14.3. The Kier molecular flexibility index (Phi) is 5.13. The number of amides is 1. The summed E-state index contributed by atoms with van der Waals surface area (Å²) in [5.74, 6) is 0. The van der Waals surface area contributed by atoms with Gasteiger partial charge in [0, 0.05) is 29.7 Å². The molecule has 1 aliphatic rings. The molecule has 0 radical (unpaired) electrons. The molecule has 0 spiro atoms. The molecule has 1 aromatic carbocycles. The average molecular weight is 386 g/mol. The minimum Gasteiger partial charge on any atom is -0.444 e. The third kappa shape index (κ3) is 4.82. The van der Waals surface area contributed by atoms with Crippen molar-refractivity contribution in [2.45, 2.75) is 38.8 Å². The highest BCUT2D eigenvalue weighted by Gasteiger charge is 2.30. The topological polar surface area (TPSA) is 84.7 Å². The van der Waals surface area contributed by atoms with E-state index in [4.69, 9.17) is 4.74 Å². The van der Waals surface area contributed by atoms with E-state index in [9.17, 15) is 14.9 Å². The number of ether oxygens (including phenoxy) is 1. The van der Waals surface area contributed by atoms with Gasteiger partial charge in [0.05, 0.1) is 4.92 Å². The van der Waals surface area contributed by atoms with Crippen molar-refractivity contribution in [2.75, 3.05) is 18.4 Å². The maximum absolute atomic E-state index is 12.0. The van der Waals surface area contributed by atoms with Gasteiger partial charge in [0.2, 0.25) is 0 Å². The number of hydrogen-bond acceptors (Lipinski definition) is 5. The number of nitrogens with zero attached hydrogens (tertiary/aromatic N) is 2. The number of nitro groups is 1. The number of carbonyl (C=O) groups is 1. The molecule has 0 aliphatic carbocycles. The molecule has 1 aromatic rings. The van der Waals surface area contributed by atoms with E-state index >= 15 is 0 Å². The zero-order valence-corrected chi connectivity index (χ0v) is 14.9. The monoisotopic (exact) mass is 385 g/mol. The van der Waals surface area contributed by atoms with Gasteiger partial charge in [0.25, 0.3) is 5.69 Å². The van der Waals surface area contributed by atoms with Crippen LogP contribution in [0.3, 0.4) is 0 Å². The molecule has 1 fully saturated rings. The van der Waals surface area contributed by atoms with Gasteiger partial charge in [-0.1, -0.05) is 15.9 Å². The van der Waals surface area contributed by atoms with Gasteiger partial charge in [-0.15, -0.1) is 0 Å². The third-order valence-electron chi connectivity index (χ3n) is 3.36. The van der Waals surface area contributed by atoms with Crippen molar-refractivity contribution < 1.29 is 14.5 Å². The number of anilines is 1. The molecule has 1 amide bonds. The van der Waals surface area contributed by atoms with Crippen LogP contribution in [0.4, 0.5) is 16.2 Å². The molecule has 0 saturated carbocycles. The molecule has 1 heterocycles. The van der Waals surface area contributed by atoms with Crippen LogP contribution >= 0.6 is 15.9 Å². The number of nitrogens with one attached hydrogen (secondary N) is 1. The van der Waals surface area contributed by atoms with Crippen molar-refractivity contribution in [1.29, 1.82) is 0 Å². The summed E-state index contributed by atoms with van der Waals surface area (Å²) in [7, 11) is 0. The summed E-state index contributed by atoms with van der Waals surface area (Å²) in [4.78, 5) is 24.4. The summed E-state index contributed by atoms with van der Waals surface area (Å²) >= 11 is 3.23. The predicted octanol–water partition coefficient (Wildman–Crippen LogP) is 3.78. The van der Waals surface area contributed by atoms with Crippen LogP contribution in [0.15, 0.2) is 22.7 Å². The van der Waals surface area contributed by atoms with Gasteiger partial charge in [-0.25, -0.2) is 4.79 Å². The fourth-order valence-corrected chi connectivity index (χ4v) is 2.72. The smallest absolute Gasteiger partial charge is 0.410 e. The molecule has 126 valence electrons. The Labute approximate surface area is 143 Å². The number of likely N-dealkylation sites (tertiary alicyclic amines) is 1. The fourth-order valence-electron chi connectivity index (χ4n) is 2.37. The SMILES string of the molecule is CC(C)(C)OC(=O)N1CCC(Nc2ccc(Br)cc2[N+](=O)[O-])C1. The molecule has 0 aromatic heterocycles. The first-order valence-electron chi connectivity index (χ1n) is 7.34. The van der Waals surface area contributed by atoms with E-state index in [0.717, 1.165) is 0 Å². The lowest BCUT2D eigenvalue weighted by molar-refractivity contribution is -0.384. The second-order valence-corrected chi connectivity index (χ2v) is 7.39. The molecule has 7 nitrogen and oxygen atoms in total. The Balaban J connectivity index is 2.01. The van der Waals surface area contributed by atoms with Gasteiger partial charge in [-0.2, -0.15) is 0 Å². The summed E-state index contributed by atoms with van der Waals surface area (Å²) in [6.45, 7) is 6.49. The van der Waals surface area contributed by atoms with E-state index in [1.54, 1.807) is 17.0 Å². The van der Waals surface area contributed by atoms with Gasteiger partial charge >= 0.3 is 6.09 Å². The van der Waals surface area contributed by atoms with Gasteiger partial charge in [0.15, 0.2) is 0 Å². The quantitative estimate of drug-likeness (QED) is 0.631. The molecular weight excluding hydrogens is 366 g/mol. The van der Waals surface area contributed by atoms with E-state index in [0.29, 0.717) is 29.7 Å². The van der Waals surface area contributed by atoms with Crippen LogP contribution < -0.4 is 5.32 Å². The lowest BCUT2D eigenvalue weighted by atomic mass is 10.2. The molecule has 1 saturated heterocycles. The summed E-state index contributed by atoms with van der Waals surface area (Å²) in [6, 6.07) is 4.83. The Morgan fingerprint density at radius 2 is 2.17 bits per heavy atom. The lowest BCUT2D eigenvalue weighted by Crippen LogP contribution is -2.36. The molecule has 2 rings (SSSR count). The van der Waals surface area contributed by atoms with Crippen LogP contribution in [0, 0.1) is 10.1 Å². The maximum atomic E-state index is 12.0. The third-order valence-corrected chi connectivity index (χ3v) is 3.85. The minimum atomic E-state index is -0.535. The lowest BCUT2D eigenvalue weighted by Gasteiger charge is -2.24. The standard InChI is InChI=1S/C15H20BrN3O4/c1-15(2,3)23-14(20)18-7-6-11(9-18)17-12-5-4-10(16)8-13(12)19(21)22/h4-5,8,11,17H,6-7,9H2,1-3H3. The van der Waals surface area contributed by atoms with Gasteiger partial charge in [-0.3, -0.25) is 10.1 Å². The average Bonchev–Trinajstić information content (AvgIpc) is 2.87. The van der Waals surface area contributed by atoms with Crippen molar-refractivity contribution in [3.05, 3.63) is 32.8 Å². The number of nitro benzene ring substituents is 1. The molecule has 8 heteroatoms. The summed E-state index contributed by atoms with van der Waals surface area (Å²) < 4.78 is 5.99. The predicted molar refractivity (Wildman–Crippen MR) is 90.6 cm³/mol. The number of rotatable bonds is 3. The first-order chi connectivity index (χ1) is 10.7. The number of benzene rings is 1. The number of hydrogen-bond donors (Lipinski definition) is 1. The molecule has 1 unspecified atom stereocenters. The highest BCUT2D eigenvalue weighted by molar-refractivity contribution is 9.10. The Morgan fingerprint density at radius 3 is 2.78 bits per heavy atom. The second kappa shape index (κ2) is 6.74. The highest BCUT2D eigenvalue weighted by Crippen LogP contribution is 2.29. The van der Waals surface area contributed by atoms with E-state index < -0.39 is 10.5 Å². The van der Waals surface area contributed by atoms with Crippen LogP contribution in [0.1, 0.15) is 27.2 Å². The van der Waals surface area contributed by atoms with Gasteiger partial charge in [0.1, 0.15) is 11.3 Å². The molecular formula is C15H20BrN3O4. The van der Waals surface area contributed by atoms with E-state index in [-0.39, 0.29) is 17.8 Å². The van der Waals surface area contributed by atoms with Crippen molar-refractivity contribution in [1.82, 2.24) is 4.90 Å². The molecule has 1 N–H and O–H groups in total. The number of carbonyl (C=O) groups excluding carboxylic acids is 1. The maximum Gasteiger partial charge on any atom is 0.410 e. The second-order valence-electron chi connectivity index (χ2n) is 6.47.